The summed E-state index contributed by atoms with van der Waals surface area (Å²) < 4.78 is 1.82. The Labute approximate surface area is 123 Å². The van der Waals surface area contributed by atoms with Crippen LogP contribution in [0, 0.1) is 6.92 Å². The van der Waals surface area contributed by atoms with Crippen LogP contribution in [0.2, 0.25) is 5.02 Å². The first-order chi connectivity index (χ1) is 9.54. The Bertz CT molecular complexity index is 774. The molecule has 3 rings (SSSR count). The van der Waals surface area contributed by atoms with Gasteiger partial charge in [-0.3, -0.25) is 0 Å². The maximum atomic E-state index is 6.29. The zero-order valence-electron chi connectivity index (χ0n) is 11.8. The lowest BCUT2D eigenvalue weighted by Crippen LogP contribution is -1.92. The molecule has 0 bridgehead atoms. The van der Waals surface area contributed by atoms with Crippen molar-refractivity contribution in [1.29, 1.82) is 0 Å². The van der Waals surface area contributed by atoms with Crippen LogP contribution in [-0.2, 0) is 0 Å². The van der Waals surface area contributed by atoms with Gasteiger partial charge >= 0.3 is 0 Å². The first kappa shape index (κ1) is 13.1. The van der Waals surface area contributed by atoms with Crippen molar-refractivity contribution in [2.75, 3.05) is 0 Å². The third kappa shape index (κ3) is 2.29. The van der Waals surface area contributed by atoms with Gasteiger partial charge in [0.25, 0.3) is 0 Å². The second-order valence-electron chi connectivity index (χ2n) is 5.33. The van der Waals surface area contributed by atoms with E-state index in [2.05, 4.69) is 36.9 Å². The van der Waals surface area contributed by atoms with E-state index >= 15 is 0 Å². The third-order valence-corrected chi connectivity index (χ3v) is 3.63. The lowest BCUT2D eigenvalue weighted by Gasteiger charge is -2.06. The number of pyridine rings is 1. The average molecular weight is 286 g/mol. The molecule has 0 aliphatic heterocycles. The first-order valence-electron chi connectivity index (χ1n) is 6.67. The molecule has 0 aliphatic carbocycles. The van der Waals surface area contributed by atoms with Crippen LogP contribution < -0.4 is 0 Å². The normalized spacial score (nSPS) is 11.4. The Morgan fingerprint density at radius 1 is 1.15 bits per heavy atom. The summed E-state index contributed by atoms with van der Waals surface area (Å²) in [6.07, 6.45) is 1.98. The summed E-state index contributed by atoms with van der Waals surface area (Å²) in [6, 6.07) is 10.0. The van der Waals surface area contributed by atoms with Gasteiger partial charge in [0.1, 0.15) is 0 Å². The standard InChI is InChI=1S/C16H16ClN3/c1-10(2)16-18-15-7-5-12(9-20(15)19-16)13-8-11(3)4-6-14(13)17/h4-10H,1-3H3. The maximum Gasteiger partial charge on any atom is 0.155 e. The number of aryl methyl sites for hydroxylation is 1. The van der Waals surface area contributed by atoms with Gasteiger partial charge in [0, 0.05) is 28.3 Å². The number of nitrogens with zero attached hydrogens (tertiary/aromatic N) is 3. The van der Waals surface area contributed by atoms with Gasteiger partial charge in [-0.25, -0.2) is 9.50 Å². The highest BCUT2D eigenvalue weighted by Crippen LogP contribution is 2.29. The van der Waals surface area contributed by atoms with E-state index in [1.165, 1.54) is 5.56 Å². The lowest BCUT2D eigenvalue weighted by atomic mass is 10.1. The monoisotopic (exact) mass is 285 g/mol. The van der Waals surface area contributed by atoms with E-state index in [1.54, 1.807) is 0 Å². The first-order valence-corrected chi connectivity index (χ1v) is 7.05. The second-order valence-corrected chi connectivity index (χ2v) is 5.74. The summed E-state index contributed by atoms with van der Waals surface area (Å²) in [5.41, 5.74) is 4.12. The van der Waals surface area contributed by atoms with Crippen molar-refractivity contribution in [2.45, 2.75) is 26.7 Å². The summed E-state index contributed by atoms with van der Waals surface area (Å²) in [5.74, 6) is 1.18. The molecule has 4 heteroatoms. The van der Waals surface area contributed by atoms with Crippen molar-refractivity contribution in [3.05, 3.63) is 52.9 Å². The predicted molar refractivity (Wildman–Crippen MR) is 82.3 cm³/mol. The Balaban J connectivity index is 2.15. The molecule has 0 unspecified atom stereocenters. The van der Waals surface area contributed by atoms with Crippen LogP contribution in [0.3, 0.4) is 0 Å². The minimum absolute atomic E-state index is 0.320. The molecule has 2 aromatic heterocycles. The molecule has 0 saturated heterocycles. The van der Waals surface area contributed by atoms with Crippen LogP contribution in [0.25, 0.3) is 16.8 Å². The van der Waals surface area contributed by atoms with E-state index in [9.17, 15) is 0 Å². The Morgan fingerprint density at radius 2 is 1.95 bits per heavy atom. The van der Waals surface area contributed by atoms with Crippen molar-refractivity contribution in [3.8, 4) is 11.1 Å². The summed E-state index contributed by atoms with van der Waals surface area (Å²) in [6.45, 7) is 6.24. The molecule has 0 aliphatic rings. The molecule has 0 amide bonds. The van der Waals surface area contributed by atoms with Crippen LogP contribution >= 0.6 is 11.6 Å². The summed E-state index contributed by atoms with van der Waals surface area (Å²) in [4.78, 5) is 4.51. The number of halogens is 1. The Morgan fingerprint density at radius 3 is 2.70 bits per heavy atom. The molecule has 0 N–H and O–H groups in total. The largest absolute Gasteiger partial charge is 0.220 e. The molecule has 2 heterocycles. The Hall–Kier alpha value is -1.87. The number of fused-ring (bicyclic) bond motifs is 1. The molecular formula is C16H16ClN3. The maximum absolute atomic E-state index is 6.29. The van der Waals surface area contributed by atoms with Crippen LogP contribution in [0.15, 0.2) is 36.5 Å². The van der Waals surface area contributed by atoms with Crippen molar-refractivity contribution in [1.82, 2.24) is 14.6 Å². The van der Waals surface area contributed by atoms with E-state index in [1.807, 2.05) is 35.0 Å². The highest BCUT2D eigenvalue weighted by molar-refractivity contribution is 6.33. The Kier molecular flexibility index (Phi) is 3.22. The van der Waals surface area contributed by atoms with Crippen LogP contribution in [0.4, 0.5) is 0 Å². The number of hydrogen-bond donors (Lipinski definition) is 0. The van der Waals surface area contributed by atoms with Crippen molar-refractivity contribution in [2.24, 2.45) is 0 Å². The van der Waals surface area contributed by atoms with Crippen molar-refractivity contribution < 1.29 is 0 Å². The minimum Gasteiger partial charge on any atom is -0.220 e. The van der Waals surface area contributed by atoms with Crippen molar-refractivity contribution in [3.63, 3.8) is 0 Å². The van der Waals surface area contributed by atoms with Gasteiger partial charge in [-0.2, -0.15) is 5.10 Å². The summed E-state index contributed by atoms with van der Waals surface area (Å²) in [7, 11) is 0. The summed E-state index contributed by atoms with van der Waals surface area (Å²) >= 11 is 6.29. The second kappa shape index (κ2) is 4.91. The number of benzene rings is 1. The predicted octanol–water partition coefficient (Wildman–Crippen LogP) is 4.48. The van der Waals surface area contributed by atoms with Gasteiger partial charge in [-0.15, -0.1) is 0 Å². The lowest BCUT2D eigenvalue weighted by molar-refractivity contribution is 0.765. The number of rotatable bonds is 2. The zero-order valence-corrected chi connectivity index (χ0v) is 12.5. The molecule has 0 spiro atoms. The third-order valence-electron chi connectivity index (χ3n) is 3.30. The molecule has 0 radical (unpaired) electrons. The number of hydrogen-bond acceptors (Lipinski definition) is 2. The van der Waals surface area contributed by atoms with Crippen LogP contribution in [-0.4, -0.2) is 14.6 Å². The molecule has 102 valence electrons. The average Bonchev–Trinajstić information content (AvgIpc) is 2.84. The fraction of sp³-hybridized carbons (Fsp3) is 0.250. The van der Waals surface area contributed by atoms with Gasteiger partial charge < -0.3 is 0 Å². The molecule has 0 atom stereocenters. The zero-order chi connectivity index (χ0) is 14.3. The van der Waals surface area contributed by atoms with Gasteiger partial charge in [0.15, 0.2) is 11.5 Å². The SMILES string of the molecule is Cc1ccc(Cl)c(-c2ccc3nc(C(C)C)nn3c2)c1. The highest BCUT2D eigenvalue weighted by Gasteiger charge is 2.09. The molecule has 3 nitrogen and oxygen atoms in total. The van der Waals surface area contributed by atoms with Crippen LogP contribution in [0.1, 0.15) is 31.2 Å². The van der Waals surface area contributed by atoms with Gasteiger partial charge in [0.05, 0.1) is 0 Å². The fourth-order valence-corrected chi connectivity index (χ4v) is 2.39. The molecule has 1 aromatic carbocycles. The summed E-state index contributed by atoms with van der Waals surface area (Å²) in [5, 5.41) is 5.26. The molecule has 3 aromatic rings. The van der Waals surface area contributed by atoms with Crippen molar-refractivity contribution >= 4 is 17.2 Å². The van der Waals surface area contributed by atoms with E-state index in [0.29, 0.717) is 5.92 Å². The molecule has 0 fully saturated rings. The topological polar surface area (TPSA) is 30.2 Å². The van der Waals surface area contributed by atoms with E-state index in [-0.39, 0.29) is 0 Å². The van der Waals surface area contributed by atoms with Gasteiger partial charge in [-0.1, -0.05) is 37.1 Å². The quantitative estimate of drug-likeness (QED) is 0.695. The van der Waals surface area contributed by atoms with E-state index in [0.717, 1.165) is 27.6 Å². The fourth-order valence-electron chi connectivity index (χ4n) is 2.16. The van der Waals surface area contributed by atoms with Gasteiger partial charge in [-0.05, 0) is 31.2 Å². The molecule has 20 heavy (non-hydrogen) atoms. The number of aromatic nitrogens is 3. The highest BCUT2D eigenvalue weighted by atomic mass is 35.5. The molecular weight excluding hydrogens is 270 g/mol. The molecule has 0 saturated carbocycles. The van der Waals surface area contributed by atoms with E-state index in [4.69, 9.17) is 11.6 Å². The van der Waals surface area contributed by atoms with Crippen LogP contribution in [0.5, 0.6) is 0 Å². The smallest absolute Gasteiger partial charge is 0.155 e. The van der Waals surface area contributed by atoms with Gasteiger partial charge in [0.2, 0.25) is 0 Å². The minimum atomic E-state index is 0.320. The van der Waals surface area contributed by atoms with E-state index < -0.39 is 0 Å².